The first-order valence-corrected chi connectivity index (χ1v) is 5.26. The van der Waals surface area contributed by atoms with E-state index in [-0.39, 0.29) is 5.91 Å². The smallest absolute Gasteiger partial charge is 0.292 e. The minimum Gasteiger partial charge on any atom is -0.436 e. The molecule has 0 aliphatic heterocycles. The van der Waals surface area contributed by atoms with Crippen LogP contribution in [0.2, 0.25) is 0 Å². The lowest BCUT2D eigenvalue weighted by atomic mass is 10.3. The zero-order valence-electron chi connectivity index (χ0n) is 9.91. The molecule has 0 saturated heterocycles. The highest BCUT2D eigenvalue weighted by Gasteiger charge is 2.21. The fourth-order valence-electron chi connectivity index (χ4n) is 1.51. The second kappa shape index (κ2) is 5.36. The summed E-state index contributed by atoms with van der Waals surface area (Å²) < 4.78 is 5.28. The summed E-state index contributed by atoms with van der Waals surface area (Å²) in [4.78, 5) is 17.7. The summed E-state index contributed by atoms with van der Waals surface area (Å²) in [6.07, 6.45) is 6.09. The van der Waals surface area contributed by atoms with Gasteiger partial charge in [-0.05, 0) is 13.3 Å². The van der Waals surface area contributed by atoms with Gasteiger partial charge >= 0.3 is 0 Å². The number of carbonyl (C=O) groups is 1. The van der Waals surface area contributed by atoms with Crippen LogP contribution in [-0.4, -0.2) is 28.9 Å². The normalized spacial score (nSPS) is 9.88. The zero-order valence-corrected chi connectivity index (χ0v) is 9.91. The number of carbonyl (C=O) groups excluding carboxylic acids is 1. The van der Waals surface area contributed by atoms with Crippen molar-refractivity contribution in [2.45, 2.75) is 27.2 Å². The molecule has 0 unspecified atom stereocenters. The van der Waals surface area contributed by atoms with Crippen LogP contribution in [0.25, 0.3) is 0 Å². The quantitative estimate of drug-likeness (QED) is 0.726. The molecule has 1 rings (SSSR count). The van der Waals surface area contributed by atoms with Crippen molar-refractivity contribution in [2.75, 3.05) is 13.1 Å². The highest BCUT2D eigenvalue weighted by Crippen LogP contribution is 2.12. The number of oxazole rings is 1. The minimum atomic E-state index is -0.182. The van der Waals surface area contributed by atoms with Gasteiger partial charge in [-0.15, -0.1) is 6.42 Å². The van der Waals surface area contributed by atoms with Gasteiger partial charge in [-0.25, -0.2) is 4.98 Å². The first-order chi connectivity index (χ1) is 7.60. The van der Waals surface area contributed by atoms with E-state index in [1.807, 2.05) is 6.92 Å². The molecular weight excluding hydrogens is 204 g/mol. The lowest BCUT2D eigenvalue weighted by molar-refractivity contribution is 0.0742. The molecule has 0 saturated carbocycles. The molecule has 0 aromatic carbocycles. The van der Waals surface area contributed by atoms with Gasteiger partial charge in [-0.1, -0.05) is 12.8 Å². The van der Waals surface area contributed by atoms with E-state index in [9.17, 15) is 4.79 Å². The van der Waals surface area contributed by atoms with Gasteiger partial charge in [0.1, 0.15) is 0 Å². The average Bonchev–Trinajstić information content (AvgIpc) is 2.56. The second-order valence-corrected chi connectivity index (χ2v) is 3.58. The number of amides is 1. The molecule has 16 heavy (non-hydrogen) atoms. The average molecular weight is 220 g/mol. The van der Waals surface area contributed by atoms with Crippen LogP contribution in [0.5, 0.6) is 0 Å². The lowest BCUT2D eigenvalue weighted by Crippen LogP contribution is -2.32. The van der Waals surface area contributed by atoms with Crippen molar-refractivity contribution in [3.8, 4) is 12.3 Å². The van der Waals surface area contributed by atoms with Crippen LogP contribution in [-0.2, 0) is 0 Å². The highest BCUT2D eigenvalue weighted by atomic mass is 16.4. The Morgan fingerprint density at radius 3 is 2.69 bits per heavy atom. The van der Waals surface area contributed by atoms with Gasteiger partial charge < -0.3 is 9.32 Å². The van der Waals surface area contributed by atoms with E-state index in [1.54, 1.807) is 18.7 Å². The molecule has 0 aliphatic carbocycles. The van der Waals surface area contributed by atoms with Crippen molar-refractivity contribution in [2.24, 2.45) is 0 Å². The van der Waals surface area contributed by atoms with Crippen LogP contribution in [0.15, 0.2) is 4.42 Å². The number of terminal acetylenes is 1. The third kappa shape index (κ3) is 2.63. The number of nitrogens with zero attached hydrogens (tertiary/aromatic N) is 2. The molecule has 1 aromatic heterocycles. The Morgan fingerprint density at radius 2 is 2.25 bits per heavy atom. The topological polar surface area (TPSA) is 46.3 Å². The molecule has 0 spiro atoms. The molecule has 0 bridgehead atoms. The van der Waals surface area contributed by atoms with E-state index < -0.39 is 0 Å². The predicted molar refractivity (Wildman–Crippen MR) is 61.0 cm³/mol. The molecule has 0 aliphatic rings. The van der Waals surface area contributed by atoms with E-state index in [0.717, 1.165) is 6.42 Å². The van der Waals surface area contributed by atoms with Crippen molar-refractivity contribution in [3.63, 3.8) is 0 Å². The Bertz CT molecular complexity index is 415. The Morgan fingerprint density at radius 1 is 1.56 bits per heavy atom. The summed E-state index contributed by atoms with van der Waals surface area (Å²) in [6, 6.07) is 0. The summed E-state index contributed by atoms with van der Waals surface area (Å²) in [6.45, 7) is 6.39. The molecule has 0 fully saturated rings. The number of aromatic nitrogens is 1. The Labute approximate surface area is 95.7 Å². The maximum absolute atomic E-state index is 12.1. The zero-order chi connectivity index (χ0) is 12.1. The maximum atomic E-state index is 12.1. The highest BCUT2D eigenvalue weighted by molar-refractivity contribution is 5.92. The van der Waals surface area contributed by atoms with E-state index in [2.05, 4.69) is 10.9 Å². The minimum absolute atomic E-state index is 0.182. The Kier molecular flexibility index (Phi) is 4.12. The fraction of sp³-hybridized carbons (Fsp3) is 0.500. The summed E-state index contributed by atoms with van der Waals surface area (Å²) in [5.74, 6) is 3.08. The molecule has 4 nitrogen and oxygen atoms in total. The van der Waals surface area contributed by atoms with E-state index in [4.69, 9.17) is 10.8 Å². The largest absolute Gasteiger partial charge is 0.436 e. The Balaban J connectivity index is 2.90. The van der Waals surface area contributed by atoms with Gasteiger partial charge in [-0.2, -0.15) is 0 Å². The molecule has 0 radical (unpaired) electrons. The van der Waals surface area contributed by atoms with Gasteiger partial charge in [0.15, 0.2) is 5.89 Å². The predicted octanol–water partition coefficient (Wildman–Crippen LogP) is 1.78. The van der Waals surface area contributed by atoms with Crippen LogP contribution in [0.4, 0.5) is 0 Å². The number of hydrogen-bond acceptors (Lipinski definition) is 3. The van der Waals surface area contributed by atoms with Gasteiger partial charge in [-0.3, -0.25) is 4.79 Å². The summed E-state index contributed by atoms with van der Waals surface area (Å²) in [5, 5.41) is 0. The van der Waals surface area contributed by atoms with Gasteiger partial charge in [0.2, 0.25) is 5.76 Å². The van der Waals surface area contributed by atoms with Gasteiger partial charge in [0.05, 0.1) is 12.2 Å². The standard InChI is InChI=1S/C12H16N2O2/c1-5-7-14(8-6-2)12(15)11-9(3)13-10(4)16-11/h1H,6-8H2,2-4H3. The monoisotopic (exact) mass is 220 g/mol. The van der Waals surface area contributed by atoms with Crippen molar-refractivity contribution < 1.29 is 9.21 Å². The summed E-state index contributed by atoms with van der Waals surface area (Å²) in [7, 11) is 0. The van der Waals surface area contributed by atoms with Crippen LogP contribution in [0.3, 0.4) is 0 Å². The van der Waals surface area contributed by atoms with Crippen LogP contribution < -0.4 is 0 Å². The third-order valence-electron chi connectivity index (χ3n) is 2.16. The van der Waals surface area contributed by atoms with Crippen molar-refractivity contribution in [1.82, 2.24) is 9.88 Å². The van der Waals surface area contributed by atoms with Crippen molar-refractivity contribution in [3.05, 3.63) is 17.3 Å². The SMILES string of the molecule is C#CCN(CCC)C(=O)c1oc(C)nc1C. The van der Waals surface area contributed by atoms with E-state index in [1.165, 1.54) is 0 Å². The molecule has 1 heterocycles. The van der Waals surface area contributed by atoms with E-state index in [0.29, 0.717) is 30.4 Å². The number of aryl methyl sites for hydroxylation is 2. The molecular formula is C12H16N2O2. The molecule has 0 N–H and O–H groups in total. The maximum Gasteiger partial charge on any atom is 0.292 e. The first-order valence-electron chi connectivity index (χ1n) is 5.26. The van der Waals surface area contributed by atoms with Crippen LogP contribution in [0.1, 0.15) is 35.5 Å². The summed E-state index contributed by atoms with van der Waals surface area (Å²) >= 11 is 0. The van der Waals surface area contributed by atoms with Crippen molar-refractivity contribution >= 4 is 5.91 Å². The Hall–Kier alpha value is -1.76. The molecule has 1 amide bonds. The lowest BCUT2D eigenvalue weighted by Gasteiger charge is -2.17. The number of hydrogen-bond donors (Lipinski definition) is 0. The van der Waals surface area contributed by atoms with Gasteiger partial charge in [0, 0.05) is 13.5 Å². The van der Waals surface area contributed by atoms with E-state index >= 15 is 0 Å². The first kappa shape index (κ1) is 12.3. The fourth-order valence-corrected chi connectivity index (χ4v) is 1.51. The summed E-state index contributed by atoms with van der Waals surface area (Å²) in [5.41, 5.74) is 0.612. The van der Waals surface area contributed by atoms with Crippen LogP contribution in [0, 0.1) is 26.2 Å². The van der Waals surface area contributed by atoms with Gasteiger partial charge in [0.25, 0.3) is 5.91 Å². The molecule has 0 atom stereocenters. The second-order valence-electron chi connectivity index (χ2n) is 3.58. The molecule has 86 valence electrons. The molecule has 1 aromatic rings. The van der Waals surface area contributed by atoms with Crippen LogP contribution >= 0.6 is 0 Å². The molecule has 4 heteroatoms. The third-order valence-corrected chi connectivity index (χ3v) is 2.16. The number of rotatable bonds is 4. The van der Waals surface area contributed by atoms with Crippen molar-refractivity contribution in [1.29, 1.82) is 0 Å².